The fourth-order valence-corrected chi connectivity index (χ4v) is 7.76. The maximum Gasteiger partial charge on any atom is 0.416 e. The van der Waals surface area contributed by atoms with Crippen molar-refractivity contribution in [3.05, 3.63) is 112 Å². The molecule has 55 heavy (non-hydrogen) atoms. The number of rotatable bonds is 12. The second-order valence-corrected chi connectivity index (χ2v) is 14.6. The number of carboxylic acid groups (broad SMARTS) is 1. The maximum absolute atomic E-state index is 13.6. The number of benzene rings is 3. The van der Waals surface area contributed by atoms with Crippen LogP contribution >= 0.6 is 11.6 Å². The number of nitrogens with zero attached hydrogens (tertiary/aromatic N) is 3. The summed E-state index contributed by atoms with van der Waals surface area (Å²) in [6.07, 6.45) is 11.0. The van der Waals surface area contributed by atoms with Crippen molar-refractivity contribution in [1.82, 2.24) is 14.9 Å². The first-order valence-electron chi connectivity index (χ1n) is 18.3. The van der Waals surface area contributed by atoms with Gasteiger partial charge in [-0.1, -0.05) is 80.1 Å². The fraction of sp³-hybridized carbons (Fsp3) is 0.357. The first kappa shape index (κ1) is 39.5. The molecule has 1 heterocycles. The normalized spacial score (nSPS) is 16.2. The zero-order valence-electron chi connectivity index (χ0n) is 30.4. The van der Waals surface area contributed by atoms with Gasteiger partial charge in [-0.15, -0.1) is 0 Å². The average molecular weight is 775 g/mol. The molecule has 0 bridgehead atoms. The summed E-state index contributed by atoms with van der Waals surface area (Å²) in [4.78, 5) is 48.4. The predicted octanol–water partition coefficient (Wildman–Crippen LogP) is 9.50. The van der Waals surface area contributed by atoms with Gasteiger partial charge >= 0.3 is 12.1 Å². The fourth-order valence-electron chi connectivity index (χ4n) is 7.54. The van der Waals surface area contributed by atoms with Crippen LogP contribution in [-0.4, -0.2) is 51.4 Å². The highest BCUT2D eigenvalue weighted by molar-refractivity contribution is 6.34. The second kappa shape index (κ2) is 17.5. The van der Waals surface area contributed by atoms with Crippen LogP contribution in [0.4, 0.5) is 18.9 Å². The maximum atomic E-state index is 13.6. The number of amides is 2. The first-order valence-corrected chi connectivity index (χ1v) is 18.7. The largest absolute Gasteiger partial charge is 0.497 e. The van der Waals surface area contributed by atoms with Gasteiger partial charge in [-0.3, -0.25) is 14.4 Å². The Bertz CT molecular complexity index is 2050. The van der Waals surface area contributed by atoms with Crippen LogP contribution in [0.3, 0.4) is 0 Å². The third-order valence-corrected chi connectivity index (χ3v) is 10.8. The summed E-state index contributed by atoms with van der Waals surface area (Å²) in [5, 5.41) is 12.0. The molecule has 288 valence electrons. The molecule has 1 aromatic heterocycles. The summed E-state index contributed by atoms with van der Waals surface area (Å²) in [5.74, 6) is -0.420. The number of aliphatic carboxylic acids is 1. The lowest BCUT2D eigenvalue weighted by atomic mass is 9.73. The Balaban J connectivity index is 1.08. The number of anilines is 1. The van der Waals surface area contributed by atoms with Crippen molar-refractivity contribution in [2.75, 3.05) is 19.0 Å². The lowest BCUT2D eigenvalue weighted by molar-refractivity contribution is -0.139. The third kappa shape index (κ3) is 10.1. The van der Waals surface area contributed by atoms with Crippen LogP contribution in [0.2, 0.25) is 5.02 Å². The molecule has 0 spiro atoms. The van der Waals surface area contributed by atoms with Crippen molar-refractivity contribution in [2.45, 2.75) is 70.5 Å². The molecule has 1 fully saturated rings. The molecule has 2 N–H and O–H groups in total. The number of alkyl halides is 3. The van der Waals surface area contributed by atoms with Crippen molar-refractivity contribution < 1.29 is 37.4 Å². The van der Waals surface area contributed by atoms with E-state index >= 15 is 0 Å². The van der Waals surface area contributed by atoms with Gasteiger partial charge in [0.05, 0.1) is 29.8 Å². The lowest BCUT2D eigenvalue weighted by Crippen LogP contribution is -2.35. The van der Waals surface area contributed by atoms with E-state index in [0.717, 1.165) is 46.8 Å². The van der Waals surface area contributed by atoms with Gasteiger partial charge in [0.25, 0.3) is 5.91 Å². The molecule has 0 radical (unpaired) electrons. The van der Waals surface area contributed by atoms with Crippen LogP contribution in [0.25, 0.3) is 17.0 Å². The van der Waals surface area contributed by atoms with E-state index in [1.54, 1.807) is 12.1 Å². The van der Waals surface area contributed by atoms with Crippen LogP contribution in [0.1, 0.15) is 84.0 Å². The number of allylic oxidation sites excluding steroid dienone is 2. The number of halogens is 4. The second-order valence-electron chi connectivity index (χ2n) is 14.1. The number of carbonyl (C=O) groups is 3. The molecule has 1 unspecified atom stereocenters. The topological polar surface area (TPSA) is 122 Å². The quantitative estimate of drug-likeness (QED) is 0.147. The molecule has 1 saturated carbocycles. The molecule has 2 aliphatic rings. The van der Waals surface area contributed by atoms with E-state index in [1.807, 2.05) is 24.5 Å². The molecule has 4 aromatic rings. The van der Waals surface area contributed by atoms with Gasteiger partial charge in [0.2, 0.25) is 5.91 Å². The molecule has 2 amide bonds. The summed E-state index contributed by atoms with van der Waals surface area (Å²) in [6.45, 7) is -0.622. The van der Waals surface area contributed by atoms with Crippen molar-refractivity contribution in [3.63, 3.8) is 0 Å². The lowest BCUT2D eigenvalue weighted by Gasteiger charge is -2.32. The van der Waals surface area contributed by atoms with Gasteiger partial charge in [0.15, 0.2) is 5.82 Å². The molecule has 2 aliphatic carbocycles. The Morgan fingerprint density at radius 3 is 2.27 bits per heavy atom. The number of carbonyl (C=O) groups excluding carboxylic acids is 2. The highest BCUT2D eigenvalue weighted by Gasteiger charge is 2.34. The van der Waals surface area contributed by atoms with E-state index in [-0.39, 0.29) is 34.1 Å². The van der Waals surface area contributed by atoms with Crippen molar-refractivity contribution in [2.24, 2.45) is 11.8 Å². The molecule has 9 nitrogen and oxygen atoms in total. The minimum Gasteiger partial charge on any atom is -0.497 e. The van der Waals surface area contributed by atoms with Crippen molar-refractivity contribution >= 4 is 40.6 Å². The van der Waals surface area contributed by atoms with E-state index in [0.29, 0.717) is 11.4 Å². The van der Waals surface area contributed by atoms with Gasteiger partial charge in [-0.05, 0) is 78.1 Å². The number of nitrogens with one attached hydrogen (secondary N) is 1. The van der Waals surface area contributed by atoms with Crippen LogP contribution in [-0.2, 0) is 28.7 Å². The molecular formula is C42H42ClF3N4O5. The van der Waals surface area contributed by atoms with E-state index < -0.39 is 42.5 Å². The first-order chi connectivity index (χ1) is 26.4. The molecule has 3 aromatic carbocycles. The number of ether oxygens (including phenoxy) is 1. The van der Waals surface area contributed by atoms with Crippen LogP contribution in [0.15, 0.2) is 79.1 Å². The van der Waals surface area contributed by atoms with Crippen molar-refractivity contribution in [3.8, 4) is 17.1 Å². The van der Waals surface area contributed by atoms with Crippen LogP contribution in [0, 0.1) is 11.8 Å². The van der Waals surface area contributed by atoms with Crippen LogP contribution in [0.5, 0.6) is 5.75 Å². The molecule has 0 aliphatic heterocycles. The van der Waals surface area contributed by atoms with Gasteiger partial charge in [0.1, 0.15) is 12.3 Å². The molecule has 13 heteroatoms. The Morgan fingerprint density at radius 2 is 1.65 bits per heavy atom. The minimum atomic E-state index is -4.71. The predicted molar refractivity (Wildman–Crippen MR) is 204 cm³/mol. The minimum absolute atomic E-state index is 0.00125. The summed E-state index contributed by atoms with van der Waals surface area (Å²) in [5.41, 5.74) is 2.64. The highest BCUT2D eigenvalue weighted by Crippen LogP contribution is 2.40. The summed E-state index contributed by atoms with van der Waals surface area (Å²) < 4.78 is 45.8. The zero-order valence-corrected chi connectivity index (χ0v) is 31.1. The zero-order chi connectivity index (χ0) is 39.1. The van der Waals surface area contributed by atoms with E-state index in [1.165, 1.54) is 81.5 Å². The Morgan fingerprint density at radius 1 is 0.927 bits per heavy atom. The SMILES string of the molecule is COc1ccc(CC(=O)Nc2ccc(C(=O)N(CC(=O)O)Cc3ccc(-c4ncc(C5=CCC(C6CCCCC6)CC5)cn4)cc3)cc2Cl)c(C(F)(F)F)c1. The summed E-state index contributed by atoms with van der Waals surface area (Å²) >= 11 is 6.39. The Kier molecular flexibility index (Phi) is 12.5. The molecular weight excluding hydrogens is 733 g/mol. The monoisotopic (exact) mass is 774 g/mol. The Labute approximate surface area is 322 Å². The van der Waals surface area contributed by atoms with E-state index in [9.17, 15) is 32.7 Å². The number of hydrogen-bond acceptors (Lipinski definition) is 6. The smallest absolute Gasteiger partial charge is 0.416 e. The van der Waals surface area contributed by atoms with Crippen LogP contribution < -0.4 is 10.1 Å². The van der Waals surface area contributed by atoms with E-state index in [4.69, 9.17) is 16.3 Å². The standard InChI is InChI=1S/C42H42ClF3N4O5/c1-55-34-17-15-31(35(21-34)42(44,45)46)20-38(51)49-37-18-16-32(19-36(37)43)41(54)50(25-39(52)53)24-26-7-9-30(10-8-26)40-47-22-33(23-48-40)29-13-11-28(12-14-29)27-5-3-2-4-6-27/h7-10,13,15-19,21-23,27-28H,2-6,11-12,14,20,24-25H2,1H3,(H,49,51)(H,52,53). The summed E-state index contributed by atoms with van der Waals surface area (Å²) in [6, 6.07) is 14.5. The molecule has 1 atom stereocenters. The third-order valence-electron chi connectivity index (χ3n) is 10.5. The van der Waals surface area contributed by atoms with E-state index in [2.05, 4.69) is 21.4 Å². The molecule has 0 saturated heterocycles. The highest BCUT2D eigenvalue weighted by atomic mass is 35.5. The number of methoxy groups -OCH3 is 1. The van der Waals surface area contributed by atoms with Gasteiger partial charge in [-0.25, -0.2) is 9.97 Å². The number of carboxylic acids is 1. The number of aromatic nitrogens is 2. The van der Waals surface area contributed by atoms with Gasteiger partial charge in [-0.2, -0.15) is 13.2 Å². The Hall–Kier alpha value is -5.23. The average Bonchev–Trinajstić information content (AvgIpc) is 3.18. The number of hydrogen-bond donors (Lipinski definition) is 2. The van der Waals surface area contributed by atoms with Gasteiger partial charge < -0.3 is 20.1 Å². The molecule has 6 rings (SSSR count). The van der Waals surface area contributed by atoms with Gasteiger partial charge in [0, 0.05) is 35.6 Å². The summed E-state index contributed by atoms with van der Waals surface area (Å²) in [7, 11) is 1.24. The van der Waals surface area contributed by atoms with Crippen molar-refractivity contribution in [1.29, 1.82) is 0 Å².